The maximum atomic E-state index is 12.8. The highest BCUT2D eigenvalue weighted by molar-refractivity contribution is 5.63. The topological polar surface area (TPSA) is 46.0 Å². The highest BCUT2D eigenvalue weighted by Crippen LogP contribution is 2.35. The largest absolute Gasteiger partial charge is 0.417 e. The van der Waals surface area contributed by atoms with Crippen molar-refractivity contribution in [3.63, 3.8) is 0 Å². The summed E-state index contributed by atoms with van der Waals surface area (Å²) >= 11 is 0. The molecule has 0 amide bonds. The van der Waals surface area contributed by atoms with Crippen molar-refractivity contribution in [2.24, 2.45) is 0 Å². The Bertz CT molecular complexity index is 538. The summed E-state index contributed by atoms with van der Waals surface area (Å²) in [6.45, 7) is -0.297. The Balaban J connectivity index is 2.50. The number of aliphatic hydroxyl groups excluding tert-OH is 1. The molecule has 1 aromatic heterocycles. The van der Waals surface area contributed by atoms with Crippen LogP contribution in [0.25, 0.3) is 11.3 Å². The fourth-order valence-corrected chi connectivity index (χ4v) is 1.53. The van der Waals surface area contributed by atoms with Gasteiger partial charge in [-0.05, 0) is 6.07 Å². The third-order valence-corrected chi connectivity index (χ3v) is 2.38. The summed E-state index contributed by atoms with van der Waals surface area (Å²) in [5.41, 5.74) is -0.346. The van der Waals surface area contributed by atoms with Gasteiger partial charge in [-0.15, -0.1) is 0 Å². The van der Waals surface area contributed by atoms with Gasteiger partial charge in [-0.3, -0.25) is 9.97 Å². The van der Waals surface area contributed by atoms with Crippen LogP contribution in [0, 0.1) is 0 Å². The summed E-state index contributed by atoms with van der Waals surface area (Å²) in [4.78, 5) is 7.69. The summed E-state index contributed by atoms with van der Waals surface area (Å²) in [5, 5.41) is 8.80. The summed E-state index contributed by atoms with van der Waals surface area (Å²) in [6.07, 6.45) is -1.97. The first kappa shape index (κ1) is 12.5. The lowest BCUT2D eigenvalue weighted by Gasteiger charge is -2.11. The molecule has 2 aromatic rings. The number of alkyl halides is 3. The van der Waals surface area contributed by atoms with Gasteiger partial charge in [-0.25, -0.2) is 0 Å². The van der Waals surface area contributed by atoms with E-state index in [1.807, 2.05) is 0 Å². The van der Waals surface area contributed by atoms with Crippen molar-refractivity contribution in [1.82, 2.24) is 9.97 Å². The second-order valence-electron chi connectivity index (χ2n) is 3.59. The van der Waals surface area contributed by atoms with E-state index in [1.165, 1.54) is 30.6 Å². The van der Waals surface area contributed by atoms with Crippen LogP contribution in [0.3, 0.4) is 0 Å². The molecular weight excluding hydrogens is 245 g/mol. The molecule has 3 nitrogen and oxygen atoms in total. The van der Waals surface area contributed by atoms with E-state index in [1.54, 1.807) is 0 Å². The number of halogens is 3. The van der Waals surface area contributed by atoms with Gasteiger partial charge >= 0.3 is 6.18 Å². The zero-order chi connectivity index (χ0) is 13.2. The summed E-state index contributed by atoms with van der Waals surface area (Å²) in [6, 6.07) is 5.16. The smallest absolute Gasteiger partial charge is 0.390 e. The highest BCUT2D eigenvalue weighted by atomic mass is 19.4. The molecule has 0 spiro atoms. The molecule has 0 aliphatic carbocycles. The molecule has 0 radical (unpaired) electrons. The van der Waals surface area contributed by atoms with Gasteiger partial charge in [0.25, 0.3) is 0 Å². The second-order valence-corrected chi connectivity index (χ2v) is 3.59. The van der Waals surface area contributed by atoms with Crippen molar-refractivity contribution in [3.8, 4) is 11.3 Å². The third-order valence-electron chi connectivity index (χ3n) is 2.38. The fraction of sp³-hybridized carbons (Fsp3) is 0.167. The van der Waals surface area contributed by atoms with Crippen LogP contribution in [0.5, 0.6) is 0 Å². The molecular formula is C12H9F3N2O. The van der Waals surface area contributed by atoms with Crippen molar-refractivity contribution in [2.75, 3.05) is 0 Å². The van der Waals surface area contributed by atoms with Crippen LogP contribution >= 0.6 is 0 Å². The number of rotatable bonds is 2. The number of nitrogens with zero attached hydrogens (tertiary/aromatic N) is 2. The van der Waals surface area contributed by atoms with Crippen LogP contribution in [-0.4, -0.2) is 15.1 Å². The van der Waals surface area contributed by atoms with Crippen LogP contribution < -0.4 is 0 Å². The van der Waals surface area contributed by atoms with Crippen LogP contribution in [0.2, 0.25) is 0 Å². The lowest BCUT2D eigenvalue weighted by molar-refractivity contribution is -0.137. The molecule has 0 saturated carbocycles. The molecule has 0 saturated heterocycles. The van der Waals surface area contributed by atoms with Gasteiger partial charge in [0.05, 0.1) is 36.0 Å². The molecule has 0 unspecified atom stereocenters. The molecule has 0 bridgehead atoms. The lowest BCUT2D eigenvalue weighted by Crippen LogP contribution is -2.07. The lowest BCUT2D eigenvalue weighted by atomic mass is 10.0. The van der Waals surface area contributed by atoms with Gasteiger partial charge < -0.3 is 5.11 Å². The molecule has 0 aliphatic rings. The van der Waals surface area contributed by atoms with Crippen LogP contribution in [0.4, 0.5) is 13.2 Å². The minimum Gasteiger partial charge on any atom is -0.390 e. The van der Waals surface area contributed by atoms with Crippen molar-refractivity contribution < 1.29 is 18.3 Å². The minimum atomic E-state index is -4.44. The highest BCUT2D eigenvalue weighted by Gasteiger charge is 2.33. The van der Waals surface area contributed by atoms with Crippen molar-refractivity contribution >= 4 is 0 Å². The average molecular weight is 254 g/mol. The normalized spacial score (nSPS) is 11.6. The van der Waals surface area contributed by atoms with Crippen LogP contribution in [0.15, 0.2) is 36.7 Å². The maximum Gasteiger partial charge on any atom is 0.417 e. The van der Waals surface area contributed by atoms with Gasteiger partial charge in [0, 0.05) is 5.56 Å². The summed E-state index contributed by atoms with van der Waals surface area (Å²) in [5.74, 6) is 0. The first-order chi connectivity index (χ1) is 8.52. The Morgan fingerprint density at radius 3 is 2.33 bits per heavy atom. The Morgan fingerprint density at radius 1 is 1.06 bits per heavy atom. The van der Waals surface area contributed by atoms with Gasteiger partial charge in [0.15, 0.2) is 0 Å². The van der Waals surface area contributed by atoms with E-state index in [0.717, 1.165) is 6.07 Å². The van der Waals surface area contributed by atoms with E-state index in [0.29, 0.717) is 5.69 Å². The molecule has 6 heteroatoms. The Kier molecular flexibility index (Phi) is 3.29. The number of hydrogen-bond donors (Lipinski definition) is 1. The van der Waals surface area contributed by atoms with Crippen LogP contribution in [0.1, 0.15) is 11.3 Å². The maximum absolute atomic E-state index is 12.8. The molecule has 1 aromatic carbocycles. The Labute approximate surface area is 101 Å². The van der Waals surface area contributed by atoms with E-state index in [-0.39, 0.29) is 17.9 Å². The fourth-order valence-electron chi connectivity index (χ4n) is 1.53. The number of aliphatic hydroxyl groups is 1. The Hall–Kier alpha value is -1.95. The first-order valence-corrected chi connectivity index (χ1v) is 5.11. The molecule has 0 atom stereocenters. The molecule has 2 rings (SSSR count). The third kappa shape index (κ3) is 2.48. The molecule has 1 heterocycles. The predicted octanol–water partition coefficient (Wildman–Crippen LogP) is 2.65. The SMILES string of the molecule is OCc1cnc(-c2ccccc2C(F)(F)F)cn1. The standard InChI is InChI=1S/C12H9F3N2O/c13-12(14,15)10-4-2-1-3-9(10)11-6-16-8(7-18)5-17-11/h1-6,18H,7H2. The van der Waals surface area contributed by atoms with Crippen molar-refractivity contribution in [2.45, 2.75) is 12.8 Å². The van der Waals surface area contributed by atoms with E-state index < -0.39 is 11.7 Å². The molecule has 18 heavy (non-hydrogen) atoms. The zero-order valence-electron chi connectivity index (χ0n) is 9.15. The van der Waals surface area contributed by atoms with Gasteiger partial charge in [-0.2, -0.15) is 13.2 Å². The van der Waals surface area contributed by atoms with Crippen molar-refractivity contribution in [1.29, 1.82) is 0 Å². The minimum absolute atomic E-state index is 0.0259. The quantitative estimate of drug-likeness (QED) is 0.896. The summed E-state index contributed by atoms with van der Waals surface area (Å²) < 4.78 is 38.4. The molecule has 1 N–H and O–H groups in total. The van der Waals surface area contributed by atoms with Gasteiger partial charge in [0.1, 0.15) is 0 Å². The van der Waals surface area contributed by atoms with E-state index in [9.17, 15) is 13.2 Å². The second kappa shape index (κ2) is 4.73. The summed E-state index contributed by atoms with van der Waals surface area (Å²) in [7, 11) is 0. The van der Waals surface area contributed by atoms with Crippen LogP contribution in [-0.2, 0) is 12.8 Å². The predicted molar refractivity (Wildman–Crippen MR) is 58.4 cm³/mol. The number of benzene rings is 1. The number of hydrogen-bond acceptors (Lipinski definition) is 3. The van der Waals surface area contributed by atoms with Gasteiger partial charge in [0.2, 0.25) is 0 Å². The Morgan fingerprint density at radius 2 is 1.78 bits per heavy atom. The monoisotopic (exact) mass is 254 g/mol. The number of aromatic nitrogens is 2. The molecule has 0 fully saturated rings. The van der Waals surface area contributed by atoms with E-state index in [2.05, 4.69) is 9.97 Å². The zero-order valence-corrected chi connectivity index (χ0v) is 9.15. The molecule has 94 valence electrons. The van der Waals surface area contributed by atoms with Gasteiger partial charge in [-0.1, -0.05) is 18.2 Å². The van der Waals surface area contributed by atoms with E-state index >= 15 is 0 Å². The van der Waals surface area contributed by atoms with Crippen molar-refractivity contribution in [3.05, 3.63) is 47.9 Å². The molecule has 0 aliphatic heterocycles. The van der Waals surface area contributed by atoms with E-state index in [4.69, 9.17) is 5.11 Å². The first-order valence-electron chi connectivity index (χ1n) is 5.11. The average Bonchev–Trinajstić information content (AvgIpc) is 2.38.